The van der Waals surface area contributed by atoms with Crippen LogP contribution >= 0.6 is 0 Å². The summed E-state index contributed by atoms with van der Waals surface area (Å²) in [7, 11) is 0. The van der Waals surface area contributed by atoms with Crippen LogP contribution in [0, 0.1) is 0 Å². The molecule has 0 aliphatic carbocycles. The number of hydrogen-bond acceptors (Lipinski definition) is 8. The summed E-state index contributed by atoms with van der Waals surface area (Å²) in [6.45, 7) is -0.0589. The highest BCUT2D eigenvalue weighted by molar-refractivity contribution is 5.64. The lowest BCUT2D eigenvalue weighted by Crippen LogP contribution is -2.59. The van der Waals surface area contributed by atoms with Gasteiger partial charge < -0.3 is 39.8 Å². The normalized spacial score (nSPS) is 26.1. The van der Waals surface area contributed by atoms with E-state index in [1.807, 2.05) is 0 Å². The number of carbonyl (C=O) groups excluding carboxylic acids is 1. The Kier molecular flexibility index (Phi) is 16.7. The monoisotopic (exact) mass is 459 g/mol. The van der Waals surface area contributed by atoms with Gasteiger partial charge in [0.05, 0.1) is 6.61 Å². The van der Waals surface area contributed by atoms with Crippen LogP contribution in [-0.2, 0) is 14.3 Å². The highest BCUT2D eigenvalue weighted by Gasteiger charge is 2.43. The summed E-state index contributed by atoms with van der Waals surface area (Å²) in [6.07, 6.45) is 12.4. The molecular formula is C24H43O8-. The lowest BCUT2D eigenvalue weighted by atomic mass is 9.99. The van der Waals surface area contributed by atoms with Crippen molar-refractivity contribution < 1.29 is 39.8 Å². The molecule has 1 aliphatic heterocycles. The summed E-state index contributed by atoms with van der Waals surface area (Å²) in [6, 6.07) is 0. The fourth-order valence-electron chi connectivity index (χ4n) is 3.77. The smallest absolute Gasteiger partial charge is 0.186 e. The number of carbonyl (C=O) groups is 1. The molecule has 0 aromatic heterocycles. The van der Waals surface area contributed by atoms with Gasteiger partial charge in [-0.1, -0.05) is 57.1 Å². The number of carboxylic acids is 1. The van der Waals surface area contributed by atoms with Crippen molar-refractivity contribution in [2.75, 3.05) is 13.2 Å². The number of ether oxygens (including phenoxy) is 2. The van der Waals surface area contributed by atoms with Crippen LogP contribution < -0.4 is 5.11 Å². The van der Waals surface area contributed by atoms with E-state index in [1.165, 1.54) is 19.3 Å². The summed E-state index contributed by atoms with van der Waals surface area (Å²) in [5, 5.41) is 48.8. The molecule has 0 radical (unpaired) electrons. The molecule has 1 saturated heterocycles. The maximum atomic E-state index is 10.3. The SMILES string of the molecule is O=C([O-])CCCCCCC/C=C\CCCCCCCCO[C@@H]1O[C@H](CO)[C@@H](O)[C@H](O)[C@H]1O. The summed E-state index contributed by atoms with van der Waals surface area (Å²) < 4.78 is 10.8. The number of allylic oxidation sites excluding steroid dienone is 2. The summed E-state index contributed by atoms with van der Waals surface area (Å²) in [5.74, 6) is -0.950. The molecule has 188 valence electrons. The third kappa shape index (κ3) is 12.9. The fraction of sp³-hybridized carbons (Fsp3) is 0.875. The number of unbranched alkanes of at least 4 members (excludes halogenated alkanes) is 11. The Labute approximate surface area is 192 Å². The number of aliphatic hydroxyl groups excluding tert-OH is 4. The highest BCUT2D eigenvalue weighted by Crippen LogP contribution is 2.22. The van der Waals surface area contributed by atoms with Gasteiger partial charge in [0.1, 0.15) is 24.4 Å². The van der Waals surface area contributed by atoms with Crippen LogP contribution in [0.1, 0.15) is 89.9 Å². The molecule has 0 saturated carbocycles. The minimum atomic E-state index is -1.40. The Hall–Kier alpha value is -1.03. The predicted octanol–water partition coefficient (Wildman–Crippen LogP) is 1.57. The number of rotatable bonds is 19. The first-order valence-electron chi connectivity index (χ1n) is 12.2. The summed E-state index contributed by atoms with van der Waals surface area (Å²) in [5.41, 5.74) is 0. The van der Waals surface area contributed by atoms with E-state index in [0.29, 0.717) is 6.61 Å². The van der Waals surface area contributed by atoms with Crippen LogP contribution in [0.2, 0.25) is 0 Å². The van der Waals surface area contributed by atoms with Gasteiger partial charge in [0.15, 0.2) is 6.29 Å². The number of carboxylic acid groups (broad SMARTS) is 1. The zero-order chi connectivity index (χ0) is 23.6. The molecular weight excluding hydrogens is 416 g/mol. The second-order valence-corrected chi connectivity index (χ2v) is 8.63. The van der Waals surface area contributed by atoms with Gasteiger partial charge in [0.25, 0.3) is 0 Å². The van der Waals surface area contributed by atoms with Gasteiger partial charge in [0, 0.05) is 12.6 Å². The second-order valence-electron chi connectivity index (χ2n) is 8.63. The molecule has 1 heterocycles. The van der Waals surface area contributed by atoms with Crippen LogP contribution in [0.5, 0.6) is 0 Å². The first kappa shape index (κ1) is 29.0. The van der Waals surface area contributed by atoms with Crippen LogP contribution in [0.3, 0.4) is 0 Å². The molecule has 4 N–H and O–H groups in total. The first-order chi connectivity index (χ1) is 15.5. The second kappa shape index (κ2) is 18.4. The van der Waals surface area contributed by atoms with E-state index in [2.05, 4.69) is 12.2 Å². The Balaban J connectivity index is 1.88. The maximum absolute atomic E-state index is 10.3. The Morgan fingerprint density at radius 3 is 1.88 bits per heavy atom. The third-order valence-electron chi connectivity index (χ3n) is 5.81. The lowest BCUT2D eigenvalue weighted by molar-refractivity contribution is -0.305. The van der Waals surface area contributed by atoms with Crippen molar-refractivity contribution in [3.05, 3.63) is 12.2 Å². The number of aliphatic carboxylic acids is 1. The topological polar surface area (TPSA) is 140 Å². The zero-order valence-corrected chi connectivity index (χ0v) is 19.3. The van der Waals surface area contributed by atoms with Crippen molar-refractivity contribution in [3.8, 4) is 0 Å². The van der Waals surface area contributed by atoms with Crippen molar-refractivity contribution in [2.45, 2.75) is 121 Å². The molecule has 32 heavy (non-hydrogen) atoms. The van der Waals surface area contributed by atoms with Crippen molar-refractivity contribution in [1.29, 1.82) is 0 Å². The first-order valence-corrected chi connectivity index (χ1v) is 12.2. The van der Waals surface area contributed by atoms with E-state index in [9.17, 15) is 25.2 Å². The van der Waals surface area contributed by atoms with E-state index in [4.69, 9.17) is 14.6 Å². The van der Waals surface area contributed by atoms with Gasteiger partial charge in [-0.3, -0.25) is 0 Å². The molecule has 8 nitrogen and oxygen atoms in total. The van der Waals surface area contributed by atoms with Crippen LogP contribution in [-0.4, -0.2) is 70.3 Å². The van der Waals surface area contributed by atoms with Crippen molar-refractivity contribution in [1.82, 2.24) is 0 Å². The molecule has 1 fully saturated rings. The van der Waals surface area contributed by atoms with Crippen molar-refractivity contribution in [2.24, 2.45) is 0 Å². The summed E-state index contributed by atoms with van der Waals surface area (Å²) in [4.78, 5) is 10.3. The lowest BCUT2D eigenvalue weighted by Gasteiger charge is -2.39. The minimum Gasteiger partial charge on any atom is -0.550 e. The molecule has 5 atom stereocenters. The van der Waals surface area contributed by atoms with Crippen LogP contribution in [0.15, 0.2) is 12.2 Å². The van der Waals surface area contributed by atoms with Gasteiger partial charge in [-0.2, -0.15) is 0 Å². The van der Waals surface area contributed by atoms with E-state index >= 15 is 0 Å². The van der Waals surface area contributed by atoms with Crippen molar-refractivity contribution >= 4 is 5.97 Å². The Bertz CT molecular complexity index is 496. The summed E-state index contributed by atoms with van der Waals surface area (Å²) >= 11 is 0. The average Bonchev–Trinajstić information content (AvgIpc) is 2.77. The minimum absolute atomic E-state index is 0.176. The zero-order valence-electron chi connectivity index (χ0n) is 19.3. The predicted molar refractivity (Wildman–Crippen MR) is 119 cm³/mol. The number of aliphatic hydroxyl groups is 4. The quantitative estimate of drug-likeness (QED) is 0.169. The van der Waals surface area contributed by atoms with Gasteiger partial charge in [-0.05, 0) is 44.9 Å². The molecule has 0 aromatic rings. The van der Waals surface area contributed by atoms with Gasteiger partial charge in [-0.25, -0.2) is 0 Å². The van der Waals surface area contributed by atoms with Gasteiger partial charge >= 0.3 is 0 Å². The van der Waals surface area contributed by atoms with Crippen LogP contribution in [0.4, 0.5) is 0 Å². The molecule has 0 aromatic carbocycles. The van der Waals surface area contributed by atoms with E-state index < -0.39 is 43.3 Å². The largest absolute Gasteiger partial charge is 0.550 e. The molecule has 1 rings (SSSR count). The third-order valence-corrected chi connectivity index (χ3v) is 5.81. The Morgan fingerprint density at radius 1 is 0.781 bits per heavy atom. The van der Waals surface area contributed by atoms with E-state index in [0.717, 1.165) is 64.2 Å². The standard InChI is InChI=1S/C24H44O8/c25-18-19-21(28)22(29)23(30)24(32-19)31-17-15-13-11-9-7-5-3-1-2-4-6-8-10-12-14-16-20(26)27/h1-2,19,21-25,28-30H,3-18H2,(H,26,27)/p-1/b2-1-/t19-,21-,22+,23-,24-/m1/s1. The fourth-order valence-corrected chi connectivity index (χ4v) is 3.77. The van der Waals surface area contributed by atoms with E-state index in [1.54, 1.807) is 0 Å². The number of hydrogen-bond donors (Lipinski definition) is 4. The van der Waals surface area contributed by atoms with Crippen LogP contribution in [0.25, 0.3) is 0 Å². The molecule has 0 spiro atoms. The highest BCUT2D eigenvalue weighted by atomic mass is 16.7. The molecule has 0 unspecified atom stereocenters. The van der Waals surface area contributed by atoms with E-state index in [-0.39, 0.29) is 6.42 Å². The van der Waals surface area contributed by atoms with Crippen molar-refractivity contribution in [3.63, 3.8) is 0 Å². The van der Waals surface area contributed by atoms with Gasteiger partial charge in [-0.15, -0.1) is 0 Å². The Morgan fingerprint density at radius 2 is 1.31 bits per heavy atom. The average molecular weight is 460 g/mol. The molecule has 0 amide bonds. The molecule has 1 aliphatic rings. The van der Waals surface area contributed by atoms with Gasteiger partial charge in [0.2, 0.25) is 0 Å². The molecule has 0 bridgehead atoms. The maximum Gasteiger partial charge on any atom is 0.186 e. The molecule has 8 heteroatoms.